The van der Waals surface area contributed by atoms with Crippen LogP contribution >= 0.6 is 0 Å². The first kappa shape index (κ1) is 25.0. The molecule has 2 amide bonds. The lowest BCUT2D eigenvalue weighted by molar-refractivity contribution is -0.140. The van der Waals surface area contributed by atoms with E-state index in [9.17, 15) is 19.2 Å². The van der Waals surface area contributed by atoms with Gasteiger partial charge >= 0.3 is 5.97 Å². The highest BCUT2D eigenvalue weighted by molar-refractivity contribution is 5.99. The fourth-order valence-electron chi connectivity index (χ4n) is 4.42. The number of methoxy groups -OCH3 is 1. The van der Waals surface area contributed by atoms with Gasteiger partial charge < -0.3 is 24.7 Å². The van der Waals surface area contributed by atoms with Crippen molar-refractivity contribution in [3.8, 4) is 0 Å². The van der Waals surface area contributed by atoms with Crippen LogP contribution in [0.2, 0.25) is 0 Å². The molecule has 3 rings (SSSR count). The Morgan fingerprint density at radius 3 is 2.30 bits per heavy atom. The number of nitrogens with zero attached hydrogens (tertiary/aromatic N) is 1. The Hall–Kier alpha value is -2.68. The highest BCUT2D eigenvalue weighted by atomic mass is 16.5. The molecule has 1 aliphatic carbocycles. The van der Waals surface area contributed by atoms with Crippen molar-refractivity contribution in [2.24, 2.45) is 0 Å². The van der Waals surface area contributed by atoms with E-state index in [4.69, 9.17) is 4.74 Å². The number of hydrogen-bond donors (Lipinski definition) is 2. The summed E-state index contributed by atoms with van der Waals surface area (Å²) in [7, 11) is 1.27. The molecule has 1 saturated heterocycles. The van der Waals surface area contributed by atoms with Crippen molar-refractivity contribution in [2.45, 2.75) is 82.9 Å². The van der Waals surface area contributed by atoms with Crippen LogP contribution < -0.4 is 16.1 Å². The molecule has 0 unspecified atom stereocenters. The van der Waals surface area contributed by atoms with Crippen molar-refractivity contribution < 1.29 is 23.9 Å². The predicted molar refractivity (Wildman–Crippen MR) is 122 cm³/mol. The van der Waals surface area contributed by atoms with E-state index in [1.165, 1.54) is 25.9 Å². The van der Waals surface area contributed by atoms with Gasteiger partial charge in [-0.3, -0.25) is 19.2 Å². The van der Waals surface area contributed by atoms with E-state index in [1.807, 2.05) is 0 Å². The van der Waals surface area contributed by atoms with Gasteiger partial charge in [-0.05, 0) is 25.7 Å². The number of esters is 1. The van der Waals surface area contributed by atoms with Crippen LogP contribution in [0.4, 0.5) is 0 Å². The van der Waals surface area contributed by atoms with Crippen molar-refractivity contribution in [3.63, 3.8) is 0 Å². The van der Waals surface area contributed by atoms with Crippen LogP contribution in [0.1, 0.15) is 84.9 Å². The predicted octanol–water partition coefficient (Wildman–Crippen LogP) is 2.16. The molecule has 1 aromatic rings. The molecular weight excluding hydrogens is 426 g/mol. The third-order valence-electron chi connectivity index (χ3n) is 6.29. The van der Waals surface area contributed by atoms with Gasteiger partial charge in [-0.25, -0.2) is 0 Å². The SMILES string of the molecule is COC(=O)CCNC(=O)c1cn(C[C@@H]2CCCO2)cc(C(=O)NC2CCCCCCC2)c1=O. The molecule has 182 valence electrons. The van der Waals surface area contributed by atoms with E-state index in [0.717, 1.165) is 51.4 Å². The summed E-state index contributed by atoms with van der Waals surface area (Å²) in [4.78, 5) is 50.2. The van der Waals surface area contributed by atoms with Gasteiger partial charge in [-0.2, -0.15) is 0 Å². The Kier molecular flexibility index (Phi) is 9.47. The van der Waals surface area contributed by atoms with Crippen LogP contribution in [0.25, 0.3) is 0 Å². The fraction of sp³-hybridized carbons (Fsp3) is 0.667. The summed E-state index contributed by atoms with van der Waals surface area (Å²) >= 11 is 0. The zero-order valence-electron chi connectivity index (χ0n) is 19.4. The molecule has 0 bridgehead atoms. The first-order valence-electron chi connectivity index (χ1n) is 12.0. The van der Waals surface area contributed by atoms with Crippen molar-refractivity contribution in [1.82, 2.24) is 15.2 Å². The lowest BCUT2D eigenvalue weighted by Crippen LogP contribution is -2.40. The number of carbonyl (C=O) groups is 3. The molecule has 9 heteroatoms. The van der Waals surface area contributed by atoms with E-state index < -0.39 is 23.2 Å². The lowest BCUT2D eigenvalue weighted by atomic mass is 9.96. The second-order valence-electron chi connectivity index (χ2n) is 8.84. The van der Waals surface area contributed by atoms with E-state index in [0.29, 0.717) is 13.2 Å². The van der Waals surface area contributed by atoms with Crippen LogP contribution in [0.5, 0.6) is 0 Å². The molecule has 2 fully saturated rings. The Balaban J connectivity index is 1.79. The number of rotatable bonds is 8. The lowest BCUT2D eigenvalue weighted by Gasteiger charge is -2.21. The maximum absolute atomic E-state index is 13.1. The Morgan fingerprint density at radius 2 is 1.67 bits per heavy atom. The highest BCUT2D eigenvalue weighted by Gasteiger charge is 2.23. The third-order valence-corrected chi connectivity index (χ3v) is 6.29. The summed E-state index contributed by atoms with van der Waals surface area (Å²) in [5, 5.41) is 5.59. The minimum Gasteiger partial charge on any atom is -0.469 e. The quantitative estimate of drug-likeness (QED) is 0.573. The zero-order valence-corrected chi connectivity index (χ0v) is 19.4. The average molecular weight is 462 g/mol. The molecule has 0 spiro atoms. The first-order chi connectivity index (χ1) is 16.0. The first-order valence-corrected chi connectivity index (χ1v) is 12.0. The maximum atomic E-state index is 13.1. The molecule has 9 nitrogen and oxygen atoms in total. The molecule has 2 aliphatic rings. The molecule has 1 saturated carbocycles. The van der Waals surface area contributed by atoms with Crippen molar-refractivity contribution >= 4 is 17.8 Å². The second-order valence-corrected chi connectivity index (χ2v) is 8.84. The summed E-state index contributed by atoms with van der Waals surface area (Å²) in [5.74, 6) is -1.53. The van der Waals surface area contributed by atoms with Crippen LogP contribution in [0.3, 0.4) is 0 Å². The number of carbonyl (C=O) groups excluding carboxylic acids is 3. The average Bonchev–Trinajstić information content (AvgIpc) is 3.29. The second kappa shape index (κ2) is 12.5. The summed E-state index contributed by atoms with van der Waals surface area (Å²) in [6.45, 7) is 1.17. The standard InChI is InChI=1S/C24H35N3O6/c1-32-21(28)11-12-25-23(30)19-15-27(14-18-10-7-13-33-18)16-20(22(19)29)24(31)26-17-8-5-3-2-4-6-9-17/h15-18H,2-14H2,1H3,(H,25,30)(H,26,31)/t18-/m0/s1. The fourth-order valence-corrected chi connectivity index (χ4v) is 4.42. The largest absolute Gasteiger partial charge is 0.469 e. The molecule has 0 aromatic carbocycles. The summed E-state index contributed by atoms with van der Waals surface area (Å²) < 4.78 is 12.0. The zero-order chi connectivity index (χ0) is 23.6. The van der Waals surface area contributed by atoms with Gasteiger partial charge in [-0.15, -0.1) is 0 Å². The molecule has 2 N–H and O–H groups in total. The van der Waals surface area contributed by atoms with E-state index in [-0.39, 0.29) is 36.2 Å². The number of nitrogens with one attached hydrogen (secondary N) is 2. The minimum absolute atomic E-state index is 0.00575. The van der Waals surface area contributed by atoms with Gasteiger partial charge in [0.2, 0.25) is 5.43 Å². The molecular formula is C24H35N3O6. The van der Waals surface area contributed by atoms with E-state index in [1.54, 1.807) is 4.57 Å². The monoisotopic (exact) mass is 461 g/mol. The topological polar surface area (TPSA) is 116 Å². The Morgan fingerprint density at radius 1 is 1.00 bits per heavy atom. The molecule has 1 atom stereocenters. The normalized spacial score (nSPS) is 19.4. The van der Waals surface area contributed by atoms with Crippen LogP contribution in [0.15, 0.2) is 17.2 Å². The maximum Gasteiger partial charge on any atom is 0.307 e. The number of amides is 2. The summed E-state index contributed by atoms with van der Waals surface area (Å²) in [6.07, 6.45) is 12.2. The van der Waals surface area contributed by atoms with E-state index >= 15 is 0 Å². The molecule has 33 heavy (non-hydrogen) atoms. The number of hydrogen-bond acceptors (Lipinski definition) is 6. The van der Waals surface area contributed by atoms with Crippen molar-refractivity contribution in [2.75, 3.05) is 20.3 Å². The van der Waals surface area contributed by atoms with E-state index in [2.05, 4.69) is 15.4 Å². The van der Waals surface area contributed by atoms with Crippen LogP contribution in [-0.2, 0) is 20.8 Å². The van der Waals surface area contributed by atoms with Crippen LogP contribution in [0, 0.1) is 0 Å². The summed E-state index contributed by atoms with van der Waals surface area (Å²) in [6, 6.07) is 0.0290. The van der Waals surface area contributed by atoms with Gasteiger partial charge in [0.05, 0.1) is 19.6 Å². The molecule has 1 aromatic heterocycles. The smallest absolute Gasteiger partial charge is 0.307 e. The van der Waals surface area contributed by atoms with Crippen LogP contribution in [-0.4, -0.2) is 54.8 Å². The number of aromatic nitrogens is 1. The van der Waals surface area contributed by atoms with Gasteiger partial charge in [0.1, 0.15) is 11.1 Å². The number of pyridine rings is 1. The Labute approximate surface area is 194 Å². The van der Waals surface area contributed by atoms with Gasteiger partial charge in [0.25, 0.3) is 11.8 Å². The molecule has 0 radical (unpaired) electrons. The van der Waals surface area contributed by atoms with Crippen molar-refractivity contribution in [3.05, 3.63) is 33.7 Å². The molecule has 1 aliphatic heterocycles. The molecule has 2 heterocycles. The van der Waals surface area contributed by atoms with Gasteiger partial charge in [0, 0.05) is 38.1 Å². The Bertz CT molecular complexity index is 883. The highest BCUT2D eigenvalue weighted by Crippen LogP contribution is 2.18. The number of ether oxygens (including phenoxy) is 2. The van der Waals surface area contributed by atoms with Gasteiger partial charge in [-0.1, -0.05) is 32.1 Å². The minimum atomic E-state index is -0.620. The summed E-state index contributed by atoms with van der Waals surface area (Å²) in [5.41, 5.74) is -0.781. The van der Waals surface area contributed by atoms with Gasteiger partial charge in [0.15, 0.2) is 0 Å². The van der Waals surface area contributed by atoms with Crippen molar-refractivity contribution in [1.29, 1.82) is 0 Å². The third kappa shape index (κ3) is 7.42.